The third-order valence-corrected chi connectivity index (χ3v) is 10.3. The van der Waals surface area contributed by atoms with Gasteiger partial charge in [0.1, 0.15) is 5.69 Å². The number of carbonyl (C=O) groups is 1. The monoisotopic (exact) mass is 599 g/mol. The maximum Gasteiger partial charge on any atom is 0.280 e. The number of hydrogen-bond acceptors (Lipinski definition) is 10. The zero-order chi connectivity index (χ0) is 29.0. The van der Waals surface area contributed by atoms with E-state index in [1.54, 1.807) is 30.9 Å². The van der Waals surface area contributed by atoms with Crippen LogP contribution in [0.2, 0.25) is 0 Å². The summed E-state index contributed by atoms with van der Waals surface area (Å²) in [5.41, 5.74) is 1.85. The first-order valence-electron chi connectivity index (χ1n) is 14.2. The van der Waals surface area contributed by atoms with Crippen molar-refractivity contribution in [2.75, 3.05) is 24.4 Å². The van der Waals surface area contributed by atoms with Crippen LogP contribution in [0.4, 0.5) is 5.69 Å². The van der Waals surface area contributed by atoms with Crippen LogP contribution < -0.4 is 14.8 Å². The number of thiazole rings is 1. The minimum absolute atomic E-state index is 0.139. The predicted molar refractivity (Wildman–Crippen MR) is 159 cm³/mol. The van der Waals surface area contributed by atoms with Crippen LogP contribution in [0.15, 0.2) is 36.9 Å². The average molecular weight is 600 g/mol. The van der Waals surface area contributed by atoms with Crippen LogP contribution >= 0.6 is 11.3 Å². The van der Waals surface area contributed by atoms with Gasteiger partial charge in [-0.25, -0.2) is 18.4 Å². The average Bonchev–Trinajstić information content (AvgIpc) is 3.71. The number of amides is 1. The van der Waals surface area contributed by atoms with E-state index in [-0.39, 0.29) is 23.1 Å². The van der Waals surface area contributed by atoms with Crippen molar-refractivity contribution >= 4 is 33.0 Å². The zero-order valence-electron chi connectivity index (χ0n) is 23.6. The fourth-order valence-electron chi connectivity index (χ4n) is 5.29. The molecule has 2 fully saturated rings. The Labute approximate surface area is 245 Å². The number of hydrogen-bond donors (Lipinski definition) is 2. The maximum atomic E-state index is 13.3. The van der Waals surface area contributed by atoms with Gasteiger partial charge in [-0.1, -0.05) is 6.42 Å². The van der Waals surface area contributed by atoms with Crippen molar-refractivity contribution in [1.29, 1.82) is 0 Å². The van der Waals surface area contributed by atoms with E-state index in [4.69, 9.17) is 4.74 Å². The van der Waals surface area contributed by atoms with Gasteiger partial charge in [0.2, 0.25) is 15.9 Å². The minimum Gasteiger partial charge on any atom is -0.477 e. The highest BCUT2D eigenvalue weighted by atomic mass is 32.2. The van der Waals surface area contributed by atoms with Crippen LogP contribution in [-0.4, -0.2) is 76.2 Å². The van der Waals surface area contributed by atoms with Gasteiger partial charge in [-0.2, -0.15) is 0 Å². The number of rotatable bonds is 12. The van der Waals surface area contributed by atoms with Crippen molar-refractivity contribution in [2.45, 2.75) is 76.1 Å². The Bertz CT molecular complexity index is 1460. The zero-order valence-corrected chi connectivity index (χ0v) is 25.2. The summed E-state index contributed by atoms with van der Waals surface area (Å²) in [4.78, 5) is 34.1. The van der Waals surface area contributed by atoms with E-state index in [2.05, 4.69) is 48.7 Å². The third-order valence-electron chi connectivity index (χ3n) is 7.44. The molecule has 1 saturated heterocycles. The van der Waals surface area contributed by atoms with E-state index in [1.807, 2.05) is 13.0 Å². The summed E-state index contributed by atoms with van der Waals surface area (Å²) in [7, 11) is -3.40. The molecule has 0 unspecified atom stereocenters. The quantitative estimate of drug-likeness (QED) is 0.315. The first-order valence-corrected chi connectivity index (χ1v) is 16.5. The second-order valence-electron chi connectivity index (χ2n) is 10.7. The van der Waals surface area contributed by atoms with Crippen molar-refractivity contribution < 1.29 is 17.9 Å². The molecule has 3 aromatic rings. The lowest BCUT2D eigenvalue weighted by atomic mass is 9.86. The van der Waals surface area contributed by atoms with Crippen LogP contribution in [-0.2, 0) is 10.0 Å². The normalized spacial score (nSPS) is 18.7. The van der Waals surface area contributed by atoms with Gasteiger partial charge in [0.15, 0.2) is 5.01 Å². The number of nitrogens with one attached hydrogen (secondary N) is 2. The number of ether oxygens (including phenoxy) is 1. The highest BCUT2D eigenvalue weighted by Crippen LogP contribution is 2.34. The molecule has 3 aromatic heterocycles. The summed E-state index contributed by atoms with van der Waals surface area (Å²) in [6.07, 6.45) is 11.0. The SMILES string of the molecule is CCOc1cncc(-c2cnc(C(=O)NC[C@@H](c3cc(NS(=O)(=O)C4CC4)ccn3)[C@H]3CCCCN3C(C)C)s2)n1. The molecule has 1 aliphatic carbocycles. The number of likely N-dealkylation sites (tertiary alicyclic amines) is 1. The summed E-state index contributed by atoms with van der Waals surface area (Å²) >= 11 is 1.24. The molecule has 2 N–H and O–H groups in total. The summed E-state index contributed by atoms with van der Waals surface area (Å²) < 4.78 is 33.4. The van der Waals surface area contributed by atoms with Gasteiger partial charge in [0.25, 0.3) is 5.91 Å². The number of aromatic nitrogens is 4. The van der Waals surface area contributed by atoms with Crippen molar-refractivity contribution in [1.82, 2.24) is 30.2 Å². The van der Waals surface area contributed by atoms with Crippen LogP contribution in [0.5, 0.6) is 5.88 Å². The highest BCUT2D eigenvalue weighted by molar-refractivity contribution is 7.93. The molecule has 13 heteroatoms. The molecule has 2 atom stereocenters. The Kier molecular flexibility index (Phi) is 9.15. The van der Waals surface area contributed by atoms with Crippen molar-refractivity contribution in [2.24, 2.45) is 0 Å². The number of carbonyl (C=O) groups excluding carboxylic acids is 1. The van der Waals surface area contributed by atoms with Crippen LogP contribution in [0, 0.1) is 0 Å². The molecular formula is C28H37N7O4S2. The minimum atomic E-state index is -3.40. The second-order valence-corrected chi connectivity index (χ2v) is 13.7. The smallest absolute Gasteiger partial charge is 0.280 e. The lowest BCUT2D eigenvalue weighted by molar-refractivity contribution is 0.0842. The summed E-state index contributed by atoms with van der Waals surface area (Å²) in [5, 5.41) is 3.09. The molecule has 4 heterocycles. The number of sulfonamides is 1. The standard InChI is InChI=1S/C28H37N7O4S2/c1-4-39-26-17-29-15-23(33-26)25-16-32-28(40-25)27(36)31-14-21(24-7-5-6-12-35(24)18(2)3)22-13-19(10-11-30-22)34-41(37,38)20-8-9-20/h10-11,13,15-18,20-21,24H,4-9,12,14H2,1-3H3,(H,30,34)(H,31,36)/t21-,24+/m0/s1. The van der Waals surface area contributed by atoms with E-state index < -0.39 is 10.0 Å². The van der Waals surface area contributed by atoms with E-state index >= 15 is 0 Å². The lowest BCUT2D eigenvalue weighted by Crippen LogP contribution is -2.49. The van der Waals surface area contributed by atoms with Crippen molar-refractivity contribution in [3.05, 3.63) is 47.6 Å². The van der Waals surface area contributed by atoms with Gasteiger partial charge in [-0.3, -0.25) is 24.4 Å². The fraction of sp³-hybridized carbons (Fsp3) is 0.536. The molecule has 2 aliphatic rings. The predicted octanol–water partition coefficient (Wildman–Crippen LogP) is 4.07. The number of pyridine rings is 1. The molecular weight excluding hydrogens is 562 g/mol. The molecule has 0 spiro atoms. The molecule has 0 aromatic carbocycles. The Morgan fingerprint density at radius 1 is 1.17 bits per heavy atom. The largest absolute Gasteiger partial charge is 0.477 e. The third kappa shape index (κ3) is 7.19. The van der Waals surface area contributed by atoms with Gasteiger partial charge >= 0.3 is 0 Å². The first-order chi connectivity index (χ1) is 19.7. The molecule has 41 heavy (non-hydrogen) atoms. The maximum absolute atomic E-state index is 13.3. The van der Waals surface area contributed by atoms with Gasteiger partial charge < -0.3 is 10.1 Å². The van der Waals surface area contributed by atoms with E-state index in [1.165, 1.54) is 11.3 Å². The molecule has 11 nitrogen and oxygen atoms in total. The van der Waals surface area contributed by atoms with E-state index in [0.717, 1.165) is 36.4 Å². The van der Waals surface area contributed by atoms with Gasteiger partial charge in [-0.05, 0) is 65.1 Å². The van der Waals surface area contributed by atoms with E-state index in [0.29, 0.717) is 54.3 Å². The molecule has 220 valence electrons. The summed E-state index contributed by atoms with van der Waals surface area (Å²) in [6.45, 7) is 8.04. The molecule has 0 bridgehead atoms. The Morgan fingerprint density at radius 2 is 2.00 bits per heavy atom. The molecule has 1 saturated carbocycles. The van der Waals surface area contributed by atoms with E-state index in [9.17, 15) is 13.2 Å². The first kappa shape index (κ1) is 29.3. The fourth-order valence-corrected chi connectivity index (χ4v) is 7.46. The van der Waals surface area contributed by atoms with Gasteiger partial charge in [0, 0.05) is 42.6 Å². The topological polar surface area (TPSA) is 139 Å². The number of nitrogens with zero attached hydrogens (tertiary/aromatic N) is 5. The number of anilines is 1. The lowest BCUT2D eigenvalue weighted by Gasteiger charge is -2.42. The summed E-state index contributed by atoms with van der Waals surface area (Å²) in [6, 6.07) is 3.97. The molecule has 1 aliphatic heterocycles. The molecule has 0 radical (unpaired) electrons. The number of piperidine rings is 1. The molecule has 1 amide bonds. The Hall–Kier alpha value is -3.16. The van der Waals surface area contributed by atoms with Crippen LogP contribution in [0.1, 0.15) is 74.3 Å². The van der Waals surface area contributed by atoms with Crippen molar-refractivity contribution in [3.8, 4) is 16.5 Å². The summed E-state index contributed by atoms with van der Waals surface area (Å²) in [5.74, 6) is 0.00135. The Morgan fingerprint density at radius 3 is 2.76 bits per heavy atom. The van der Waals surface area contributed by atoms with Gasteiger partial charge in [-0.15, -0.1) is 11.3 Å². The second kappa shape index (κ2) is 12.8. The highest BCUT2D eigenvalue weighted by Gasteiger charge is 2.37. The van der Waals surface area contributed by atoms with Crippen molar-refractivity contribution in [3.63, 3.8) is 0 Å². The van der Waals surface area contributed by atoms with Crippen LogP contribution in [0.25, 0.3) is 10.6 Å². The molecule has 5 rings (SSSR count). The van der Waals surface area contributed by atoms with Crippen LogP contribution in [0.3, 0.4) is 0 Å². The van der Waals surface area contributed by atoms with Gasteiger partial charge in [0.05, 0.1) is 34.8 Å². The Balaban J connectivity index is 1.35.